The summed E-state index contributed by atoms with van der Waals surface area (Å²) in [7, 11) is 0. The molecule has 0 aliphatic carbocycles. The van der Waals surface area contributed by atoms with Gasteiger partial charge in [0, 0.05) is 19.3 Å². The Morgan fingerprint density at radius 1 is 1.41 bits per heavy atom. The van der Waals surface area contributed by atoms with Crippen LogP contribution in [0.4, 0.5) is 0 Å². The molecule has 22 heavy (non-hydrogen) atoms. The van der Waals surface area contributed by atoms with E-state index in [2.05, 4.69) is 15.5 Å². The first-order valence-electron chi connectivity index (χ1n) is 7.07. The highest BCUT2D eigenvalue weighted by atomic mass is 35.5. The molecule has 0 aliphatic heterocycles. The van der Waals surface area contributed by atoms with Gasteiger partial charge < -0.3 is 5.32 Å². The SMILES string of the molecule is Cc1cnn(C(C)C(=O)NCCCn2nc(C)c(Cl)c2Cl)c1. The smallest absolute Gasteiger partial charge is 0.244 e. The van der Waals surface area contributed by atoms with Crippen molar-refractivity contribution >= 4 is 29.1 Å². The van der Waals surface area contributed by atoms with Crippen LogP contribution in [0.25, 0.3) is 0 Å². The summed E-state index contributed by atoms with van der Waals surface area (Å²) in [6.45, 7) is 6.70. The third kappa shape index (κ3) is 3.81. The van der Waals surface area contributed by atoms with Gasteiger partial charge in [-0.1, -0.05) is 23.2 Å². The number of carbonyl (C=O) groups is 1. The molecule has 1 unspecified atom stereocenters. The van der Waals surface area contributed by atoms with E-state index in [0.29, 0.717) is 35.4 Å². The van der Waals surface area contributed by atoms with Crippen LogP contribution in [0.5, 0.6) is 0 Å². The summed E-state index contributed by atoms with van der Waals surface area (Å²) in [4.78, 5) is 12.0. The molecule has 0 aliphatic rings. The molecular formula is C14H19Cl2N5O. The molecule has 0 fully saturated rings. The number of halogens is 2. The first kappa shape index (κ1) is 16.8. The van der Waals surface area contributed by atoms with Crippen LogP contribution >= 0.6 is 23.2 Å². The molecule has 2 aromatic heterocycles. The van der Waals surface area contributed by atoms with Gasteiger partial charge in [0.05, 0.1) is 11.9 Å². The van der Waals surface area contributed by atoms with E-state index in [9.17, 15) is 4.79 Å². The van der Waals surface area contributed by atoms with Gasteiger partial charge in [-0.3, -0.25) is 14.2 Å². The summed E-state index contributed by atoms with van der Waals surface area (Å²) in [5.41, 5.74) is 1.73. The zero-order valence-corrected chi connectivity index (χ0v) is 14.3. The maximum atomic E-state index is 12.0. The molecule has 0 bridgehead atoms. The van der Waals surface area contributed by atoms with Crippen molar-refractivity contribution < 1.29 is 4.79 Å². The van der Waals surface area contributed by atoms with Gasteiger partial charge in [0.25, 0.3) is 0 Å². The molecule has 1 atom stereocenters. The van der Waals surface area contributed by atoms with E-state index < -0.39 is 0 Å². The van der Waals surface area contributed by atoms with Gasteiger partial charge in [0.2, 0.25) is 5.91 Å². The molecule has 0 saturated heterocycles. The van der Waals surface area contributed by atoms with Crippen molar-refractivity contribution in [1.82, 2.24) is 24.9 Å². The van der Waals surface area contributed by atoms with E-state index >= 15 is 0 Å². The highest BCUT2D eigenvalue weighted by Gasteiger charge is 2.15. The minimum absolute atomic E-state index is 0.0659. The summed E-state index contributed by atoms with van der Waals surface area (Å²) in [5, 5.41) is 12.2. The number of nitrogens with one attached hydrogen (secondary N) is 1. The Kier molecular flexibility index (Phi) is 5.47. The molecule has 6 nitrogen and oxygen atoms in total. The van der Waals surface area contributed by atoms with Crippen LogP contribution in [0.3, 0.4) is 0 Å². The number of nitrogens with zero attached hydrogens (tertiary/aromatic N) is 4. The Bertz CT molecular complexity index is 664. The number of carbonyl (C=O) groups excluding carboxylic acids is 1. The number of hydrogen-bond acceptors (Lipinski definition) is 3. The molecule has 8 heteroatoms. The maximum absolute atomic E-state index is 12.0. The lowest BCUT2D eigenvalue weighted by Gasteiger charge is -2.12. The van der Waals surface area contributed by atoms with Gasteiger partial charge in [-0.2, -0.15) is 10.2 Å². The Labute approximate surface area is 139 Å². The summed E-state index contributed by atoms with van der Waals surface area (Å²) in [6, 6.07) is -0.335. The van der Waals surface area contributed by atoms with E-state index in [1.54, 1.807) is 22.5 Å². The average Bonchev–Trinajstić information content (AvgIpc) is 3.02. The molecule has 0 saturated carbocycles. The van der Waals surface area contributed by atoms with Crippen molar-refractivity contribution in [2.45, 2.75) is 39.8 Å². The molecule has 2 rings (SSSR count). The first-order chi connectivity index (χ1) is 10.4. The fourth-order valence-corrected chi connectivity index (χ4v) is 2.43. The van der Waals surface area contributed by atoms with Gasteiger partial charge in [-0.25, -0.2) is 0 Å². The summed E-state index contributed by atoms with van der Waals surface area (Å²) in [5.74, 6) is -0.0659. The van der Waals surface area contributed by atoms with E-state index in [0.717, 1.165) is 5.56 Å². The van der Waals surface area contributed by atoms with E-state index in [1.165, 1.54) is 0 Å². The number of aryl methyl sites for hydroxylation is 3. The molecular weight excluding hydrogens is 325 g/mol. The van der Waals surface area contributed by atoms with Crippen molar-refractivity contribution in [3.8, 4) is 0 Å². The minimum Gasteiger partial charge on any atom is -0.354 e. The lowest BCUT2D eigenvalue weighted by molar-refractivity contribution is -0.124. The van der Waals surface area contributed by atoms with E-state index in [-0.39, 0.29) is 11.9 Å². The second-order valence-corrected chi connectivity index (χ2v) is 5.97. The zero-order chi connectivity index (χ0) is 16.3. The molecule has 1 N–H and O–H groups in total. The lowest BCUT2D eigenvalue weighted by Crippen LogP contribution is -2.32. The Morgan fingerprint density at radius 3 is 2.68 bits per heavy atom. The first-order valence-corrected chi connectivity index (χ1v) is 7.82. The predicted molar refractivity (Wildman–Crippen MR) is 86.3 cm³/mol. The van der Waals surface area contributed by atoms with Gasteiger partial charge in [-0.15, -0.1) is 0 Å². The number of hydrogen-bond donors (Lipinski definition) is 1. The topological polar surface area (TPSA) is 64.7 Å². The van der Waals surface area contributed by atoms with Crippen LogP contribution in [0.15, 0.2) is 12.4 Å². The van der Waals surface area contributed by atoms with Crippen LogP contribution < -0.4 is 5.32 Å². The highest BCUT2D eigenvalue weighted by molar-refractivity contribution is 6.41. The van der Waals surface area contributed by atoms with E-state index in [4.69, 9.17) is 23.2 Å². The monoisotopic (exact) mass is 343 g/mol. The second kappa shape index (κ2) is 7.15. The third-order valence-corrected chi connectivity index (χ3v) is 4.28. The second-order valence-electron chi connectivity index (χ2n) is 5.23. The van der Waals surface area contributed by atoms with Crippen molar-refractivity contribution in [2.24, 2.45) is 0 Å². The lowest BCUT2D eigenvalue weighted by atomic mass is 10.3. The van der Waals surface area contributed by atoms with Crippen LogP contribution in [0.2, 0.25) is 10.2 Å². The number of rotatable bonds is 6. The third-order valence-electron chi connectivity index (χ3n) is 3.35. The molecule has 0 aromatic carbocycles. The fraction of sp³-hybridized carbons (Fsp3) is 0.500. The highest BCUT2D eigenvalue weighted by Crippen LogP contribution is 2.24. The summed E-state index contributed by atoms with van der Waals surface area (Å²) >= 11 is 12.0. The van der Waals surface area contributed by atoms with Crippen LogP contribution in [0, 0.1) is 13.8 Å². The van der Waals surface area contributed by atoms with Crippen molar-refractivity contribution in [3.63, 3.8) is 0 Å². The van der Waals surface area contributed by atoms with Crippen molar-refractivity contribution in [3.05, 3.63) is 33.8 Å². The van der Waals surface area contributed by atoms with Crippen LogP contribution in [-0.4, -0.2) is 32.0 Å². The maximum Gasteiger partial charge on any atom is 0.244 e. The van der Waals surface area contributed by atoms with Crippen LogP contribution in [0.1, 0.15) is 30.6 Å². The van der Waals surface area contributed by atoms with Gasteiger partial charge >= 0.3 is 0 Å². The summed E-state index contributed by atoms with van der Waals surface area (Å²) in [6.07, 6.45) is 4.29. The molecule has 2 heterocycles. The van der Waals surface area contributed by atoms with Gasteiger partial charge in [0.15, 0.2) is 0 Å². The fourth-order valence-electron chi connectivity index (χ4n) is 2.03. The number of aromatic nitrogens is 4. The molecule has 120 valence electrons. The van der Waals surface area contributed by atoms with Gasteiger partial charge in [0.1, 0.15) is 16.2 Å². The molecule has 1 amide bonds. The standard InChI is InChI=1S/C14H19Cl2N5O/c1-9-7-18-21(8-9)11(3)14(22)17-5-4-6-20-13(16)12(15)10(2)19-20/h7-8,11H,4-6H2,1-3H3,(H,17,22). The Hall–Kier alpha value is -1.53. The predicted octanol–water partition coefficient (Wildman–Crippen LogP) is 2.77. The number of amides is 1. The van der Waals surface area contributed by atoms with Crippen molar-refractivity contribution in [1.29, 1.82) is 0 Å². The zero-order valence-electron chi connectivity index (χ0n) is 12.8. The van der Waals surface area contributed by atoms with Gasteiger partial charge in [-0.05, 0) is 32.8 Å². The average molecular weight is 344 g/mol. The quantitative estimate of drug-likeness (QED) is 0.820. The Balaban J connectivity index is 1.78. The van der Waals surface area contributed by atoms with Crippen molar-refractivity contribution in [2.75, 3.05) is 6.54 Å². The normalized spacial score (nSPS) is 12.4. The molecule has 2 aromatic rings. The summed E-state index contributed by atoms with van der Waals surface area (Å²) < 4.78 is 3.30. The molecule has 0 radical (unpaired) electrons. The minimum atomic E-state index is -0.335. The Morgan fingerprint density at radius 2 is 2.14 bits per heavy atom. The largest absolute Gasteiger partial charge is 0.354 e. The molecule has 0 spiro atoms. The van der Waals surface area contributed by atoms with E-state index in [1.807, 2.05) is 20.0 Å². The van der Waals surface area contributed by atoms with Crippen LogP contribution in [-0.2, 0) is 11.3 Å².